The molecule has 152 valence electrons. The lowest BCUT2D eigenvalue weighted by molar-refractivity contribution is 0.318. The van der Waals surface area contributed by atoms with Gasteiger partial charge in [-0.15, -0.1) is 24.0 Å². The van der Waals surface area contributed by atoms with Gasteiger partial charge < -0.3 is 25.4 Å². The molecular formula is C20H26ClIN4O2. The normalized spacial score (nSPS) is 14.6. The van der Waals surface area contributed by atoms with E-state index in [1.807, 2.05) is 37.3 Å². The molecule has 6 nitrogen and oxygen atoms in total. The van der Waals surface area contributed by atoms with E-state index in [1.54, 1.807) is 12.1 Å². The van der Waals surface area contributed by atoms with Crippen molar-refractivity contribution in [3.8, 4) is 11.5 Å². The number of anilines is 1. The fourth-order valence-electron chi connectivity index (χ4n) is 3.05. The molecule has 2 aromatic rings. The second-order valence-corrected chi connectivity index (χ2v) is 6.80. The van der Waals surface area contributed by atoms with Gasteiger partial charge in [0.15, 0.2) is 17.5 Å². The van der Waals surface area contributed by atoms with E-state index in [2.05, 4.69) is 14.8 Å². The Hall–Kier alpha value is -1.87. The highest BCUT2D eigenvalue weighted by molar-refractivity contribution is 14.0. The maximum atomic E-state index is 9.78. The van der Waals surface area contributed by atoms with E-state index in [1.165, 1.54) is 5.69 Å². The van der Waals surface area contributed by atoms with Crippen molar-refractivity contribution in [2.24, 2.45) is 10.7 Å². The van der Waals surface area contributed by atoms with Gasteiger partial charge in [-0.25, -0.2) is 4.99 Å². The summed E-state index contributed by atoms with van der Waals surface area (Å²) in [4.78, 5) is 8.91. The fourth-order valence-corrected chi connectivity index (χ4v) is 3.17. The molecule has 0 radical (unpaired) electrons. The van der Waals surface area contributed by atoms with Crippen LogP contribution in [0.1, 0.15) is 12.5 Å². The lowest BCUT2D eigenvalue weighted by atomic mass is 10.2. The summed E-state index contributed by atoms with van der Waals surface area (Å²) in [6, 6.07) is 13.1. The zero-order chi connectivity index (χ0) is 19.2. The molecule has 8 heteroatoms. The third-order valence-corrected chi connectivity index (χ3v) is 4.80. The monoisotopic (exact) mass is 516 g/mol. The van der Waals surface area contributed by atoms with Gasteiger partial charge in [0.1, 0.15) is 0 Å². The number of piperazine rings is 1. The lowest BCUT2D eigenvalue weighted by Crippen LogP contribution is -2.51. The van der Waals surface area contributed by atoms with E-state index in [9.17, 15) is 5.11 Å². The zero-order valence-corrected chi connectivity index (χ0v) is 18.9. The van der Waals surface area contributed by atoms with Crippen LogP contribution < -0.4 is 15.4 Å². The van der Waals surface area contributed by atoms with Gasteiger partial charge in [0.25, 0.3) is 0 Å². The molecule has 1 aliphatic rings. The van der Waals surface area contributed by atoms with Crippen LogP contribution in [-0.4, -0.2) is 48.8 Å². The highest BCUT2D eigenvalue weighted by Gasteiger charge is 2.18. The first-order chi connectivity index (χ1) is 13.1. The van der Waals surface area contributed by atoms with E-state index in [-0.39, 0.29) is 29.7 Å². The SMILES string of the molecule is CCOc1cc(CN=C(N)N2CCN(c3ccc(Cl)cc3)CC2)ccc1O.I. The molecule has 1 saturated heterocycles. The first-order valence-electron chi connectivity index (χ1n) is 9.07. The maximum absolute atomic E-state index is 9.78. The second-order valence-electron chi connectivity index (χ2n) is 6.36. The summed E-state index contributed by atoms with van der Waals surface area (Å²) < 4.78 is 5.41. The van der Waals surface area contributed by atoms with Crippen LogP contribution in [0.25, 0.3) is 0 Å². The highest BCUT2D eigenvalue weighted by atomic mass is 127. The number of nitrogens with zero attached hydrogens (tertiary/aromatic N) is 3. The minimum absolute atomic E-state index is 0. The van der Waals surface area contributed by atoms with Crippen LogP contribution in [0.2, 0.25) is 5.02 Å². The molecule has 0 unspecified atom stereocenters. The van der Waals surface area contributed by atoms with Crippen LogP contribution in [0.15, 0.2) is 47.5 Å². The molecule has 28 heavy (non-hydrogen) atoms. The van der Waals surface area contributed by atoms with Crippen LogP contribution >= 0.6 is 35.6 Å². The molecule has 1 heterocycles. The summed E-state index contributed by atoms with van der Waals surface area (Å²) in [6.07, 6.45) is 0. The molecule has 0 spiro atoms. The van der Waals surface area contributed by atoms with Gasteiger partial charge in [-0.1, -0.05) is 17.7 Å². The Kier molecular flexibility index (Phi) is 8.50. The van der Waals surface area contributed by atoms with E-state index < -0.39 is 0 Å². The molecule has 0 amide bonds. The molecule has 0 atom stereocenters. The Morgan fingerprint density at radius 1 is 1.14 bits per heavy atom. The molecule has 2 aromatic carbocycles. The summed E-state index contributed by atoms with van der Waals surface area (Å²) in [5, 5.41) is 10.5. The van der Waals surface area contributed by atoms with Crippen LogP contribution in [0, 0.1) is 0 Å². The second kappa shape index (κ2) is 10.6. The number of phenols is 1. The number of guanidine groups is 1. The van der Waals surface area contributed by atoms with Crippen molar-refractivity contribution in [1.29, 1.82) is 0 Å². The van der Waals surface area contributed by atoms with Gasteiger partial charge in [0.2, 0.25) is 0 Å². The molecule has 1 fully saturated rings. The summed E-state index contributed by atoms with van der Waals surface area (Å²) in [5.41, 5.74) is 8.30. The summed E-state index contributed by atoms with van der Waals surface area (Å²) >= 11 is 5.96. The van der Waals surface area contributed by atoms with Crippen molar-refractivity contribution in [1.82, 2.24) is 4.90 Å². The van der Waals surface area contributed by atoms with Crippen molar-refractivity contribution in [2.75, 3.05) is 37.7 Å². The van der Waals surface area contributed by atoms with Crippen molar-refractivity contribution in [3.63, 3.8) is 0 Å². The lowest BCUT2D eigenvalue weighted by Gasteiger charge is -2.36. The summed E-state index contributed by atoms with van der Waals surface area (Å²) in [5.74, 6) is 1.15. The largest absolute Gasteiger partial charge is 0.504 e. The first-order valence-corrected chi connectivity index (χ1v) is 9.44. The molecule has 3 N–H and O–H groups in total. The predicted octanol–water partition coefficient (Wildman–Crippen LogP) is 3.70. The summed E-state index contributed by atoms with van der Waals surface area (Å²) in [6.45, 7) is 6.22. The maximum Gasteiger partial charge on any atom is 0.191 e. The quantitative estimate of drug-likeness (QED) is 0.360. The molecular weight excluding hydrogens is 491 g/mol. The minimum atomic E-state index is 0. The number of hydrogen-bond donors (Lipinski definition) is 2. The Morgan fingerprint density at radius 2 is 1.82 bits per heavy atom. The van der Waals surface area contributed by atoms with E-state index >= 15 is 0 Å². The van der Waals surface area contributed by atoms with Gasteiger partial charge in [-0.05, 0) is 48.9 Å². The van der Waals surface area contributed by atoms with Gasteiger partial charge in [0, 0.05) is 36.9 Å². The predicted molar refractivity (Wildman–Crippen MR) is 125 cm³/mol. The number of nitrogens with two attached hydrogens (primary N) is 1. The number of aromatic hydroxyl groups is 1. The van der Waals surface area contributed by atoms with Crippen molar-refractivity contribution >= 4 is 47.2 Å². The Morgan fingerprint density at radius 3 is 2.46 bits per heavy atom. The number of ether oxygens (including phenoxy) is 1. The van der Waals surface area contributed by atoms with Crippen molar-refractivity contribution < 1.29 is 9.84 Å². The van der Waals surface area contributed by atoms with Crippen LogP contribution in [0.3, 0.4) is 0 Å². The minimum Gasteiger partial charge on any atom is -0.504 e. The standard InChI is InChI=1S/C20H25ClN4O2.HI/c1-2-27-19-13-15(3-8-18(19)26)14-23-20(22)25-11-9-24(10-12-25)17-6-4-16(21)5-7-17;/h3-8,13,26H,2,9-12,14H2,1H3,(H2,22,23);1H. The zero-order valence-electron chi connectivity index (χ0n) is 15.8. The van der Waals surface area contributed by atoms with E-state index in [4.69, 9.17) is 22.1 Å². The average Bonchev–Trinajstić information content (AvgIpc) is 2.69. The molecule has 0 saturated carbocycles. The number of phenolic OH excluding ortho intramolecular Hbond substituents is 1. The Bertz CT molecular complexity index is 793. The van der Waals surface area contributed by atoms with Gasteiger partial charge in [-0.3, -0.25) is 0 Å². The van der Waals surface area contributed by atoms with Crippen molar-refractivity contribution in [2.45, 2.75) is 13.5 Å². The molecule has 3 rings (SSSR count). The van der Waals surface area contributed by atoms with Crippen LogP contribution in [-0.2, 0) is 6.54 Å². The van der Waals surface area contributed by atoms with Gasteiger partial charge in [-0.2, -0.15) is 0 Å². The first kappa shape index (κ1) is 22.4. The van der Waals surface area contributed by atoms with E-state index in [0.717, 1.165) is 36.8 Å². The van der Waals surface area contributed by atoms with E-state index in [0.29, 0.717) is 24.9 Å². The Labute approximate surface area is 188 Å². The van der Waals surface area contributed by atoms with Crippen molar-refractivity contribution in [3.05, 3.63) is 53.1 Å². The highest BCUT2D eigenvalue weighted by Crippen LogP contribution is 2.27. The van der Waals surface area contributed by atoms with Crippen LogP contribution in [0.5, 0.6) is 11.5 Å². The molecule has 1 aliphatic heterocycles. The number of rotatable bonds is 5. The smallest absolute Gasteiger partial charge is 0.191 e. The fraction of sp³-hybridized carbons (Fsp3) is 0.350. The van der Waals surface area contributed by atoms with Gasteiger partial charge >= 0.3 is 0 Å². The van der Waals surface area contributed by atoms with Crippen LogP contribution in [0.4, 0.5) is 5.69 Å². The van der Waals surface area contributed by atoms with Gasteiger partial charge in [0.05, 0.1) is 13.2 Å². The summed E-state index contributed by atoms with van der Waals surface area (Å²) in [7, 11) is 0. The molecule has 0 bridgehead atoms. The third kappa shape index (κ3) is 5.81. The number of aliphatic imine (C=N–C) groups is 1. The molecule has 0 aromatic heterocycles. The topological polar surface area (TPSA) is 74.3 Å². The number of benzene rings is 2. The number of hydrogen-bond acceptors (Lipinski definition) is 4. The third-order valence-electron chi connectivity index (χ3n) is 4.54. The molecule has 0 aliphatic carbocycles. The Balaban J connectivity index is 0.00000280. The number of halogens is 2. The average molecular weight is 517 g/mol.